The van der Waals surface area contributed by atoms with Crippen molar-refractivity contribution in [2.24, 2.45) is 0 Å². The lowest BCUT2D eigenvalue weighted by Crippen LogP contribution is -1.66. The van der Waals surface area contributed by atoms with Crippen molar-refractivity contribution in [3.05, 3.63) is 0 Å². The third-order valence-electron chi connectivity index (χ3n) is 0. The first-order valence-electron chi connectivity index (χ1n) is 0.783. The highest BCUT2D eigenvalue weighted by Crippen LogP contribution is 2.25. The molecule has 0 aliphatic rings. The summed E-state index contributed by atoms with van der Waals surface area (Å²) in [5.74, 6) is 0. The SMILES string of the molecule is Cl.N.N.N.O=P(O)(O)O. The molecule has 9 heavy (non-hydrogen) atoms. The van der Waals surface area contributed by atoms with Crippen LogP contribution in [0.2, 0.25) is 0 Å². The fourth-order valence-electron chi connectivity index (χ4n) is 0. The number of rotatable bonds is 0. The largest absolute Gasteiger partial charge is 0.466 e. The van der Waals surface area contributed by atoms with Crippen LogP contribution in [0, 0.1) is 0 Å². The molecule has 0 aromatic carbocycles. The standard InChI is InChI=1S/ClH.3H3N.H3O4P/c;;;;1-5(2,3)4/h1H;3*1H3;(H3,1,2,3,4). The van der Waals surface area contributed by atoms with Gasteiger partial charge in [0.2, 0.25) is 0 Å². The number of phosphoric acid groups is 1. The average Bonchev–Trinajstić information content (AvgIpc) is 0.722. The normalized spacial score (nSPS) is 6.56. The second-order valence-electron chi connectivity index (χ2n) is 0.513. The summed E-state index contributed by atoms with van der Waals surface area (Å²) in [4.78, 5) is 21.6. The van der Waals surface area contributed by atoms with Gasteiger partial charge < -0.3 is 33.1 Å². The maximum absolute atomic E-state index is 8.88. The summed E-state index contributed by atoms with van der Waals surface area (Å²) in [7, 11) is -4.64. The van der Waals surface area contributed by atoms with E-state index >= 15 is 0 Å². The van der Waals surface area contributed by atoms with Gasteiger partial charge in [0.25, 0.3) is 0 Å². The van der Waals surface area contributed by atoms with Crippen LogP contribution in [0.4, 0.5) is 0 Å². The lowest BCUT2D eigenvalue weighted by atomic mass is 14.0. The molecule has 0 aromatic rings. The van der Waals surface area contributed by atoms with E-state index in [1.54, 1.807) is 0 Å². The summed E-state index contributed by atoms with van der Waals surface area (Å²) in [6, 6.07) is 0. The minimum atomic E-state index is -4.64. The van der Waals surface area contributed by atoms with E-state index in [4.69, 9.17) is 19.2 Å². The molecule has 0 unspecified atom stereocenters. The molecule has 0 aliphatic carbocycles. The van der Waals surface area contributed by atoms with E-state index in [-0.39, 0.29) is 30.9 Å². The van der Waals surface area contributed by atoms with E-state index < -0.39 is 7.82 Å². The molecule has 0 saturated carbocycles. The third-order valence-corrected chi connectivity index (χ3v) is 0. The van der Waals surface area contributed by atoms with Crippen LogP contribution >= 0.6 is 20.2 Å². The van der Waals surface area contributed by atoms with Gasteiger partial charge in [0.1, 0.15) is 0 Å². The van der Waals surface area contributed by atoms with E-state index in [0.29, 0.717) is 0 Å². The van der Waals surface area contributed by atoms with Gasteiger partial charge in [0.15, 0.2) is 0 Å². The smallest absolute Gasteiger partial charge is 0.344 e. The van der Waals surface area contributed by atoms with Gasteiger partial charge in [-0.15, -0.1) is 12.4 Å². The van der Waals surface area contributed by atoms with Gasteiger partial charge in [0, 0.05) is 0 Å². The summed E-state index contributed by atoms with van der Waals surface area (Å²) in [6.07, 6.45) is 0. The Morgan fingerprint density at radius 1 is 0.889 bits per heavy atom. The molecular weight excluding hydrogens is 172 g/mol. The van der Waals surface area contributed by atoms with E-state index in [1.807, 2.05) is 0 Å². The Hall–Kier alpha value is 0.280. The molecule has 0 heterocycles. The van der Waals surface area contributed by atoms with E-state index in [9.17, 15) is 0 Å². The van der Waals surface area contributed by atoms with E-state index in [1.165, 1.54) is 0 Å². The fourth-order valence-corrected chi connectivity index (χ4v) is 0. The van der Waals surface area contributed by atoms with Gasteiger partial charge in [-0.05, 0) is 0 Å². The van der Waals surface area contributed by atoms with Crippen molar-refractivity contribution in [3.63, 3.8) is 0 Å². The number of hydrogen-bond acceptors (Lipinski definition) is 4. The lowest BCUT2D eigenvalue weighted by Gasteiger charge is -1.82. The second-order valence-corrected chi connectivity index (χ2v) is 1.54. The van der Waals surface area contributed by atoms with Crippen molar-refractivity contribution in [2.75, 3.05) is 0 Å². The minimum Gasteiger partial charge on any atom is -0.344 e. The highest BCUT2D eigenvalue weighted by Gasteiger charge is 2.00. The quantitative estimate of drug-likeness (QED) is 0.286. The highest BCUT2D eigenvalue weighted by molar-refractivity contribution is 7.45. The molecule has 7 nitrogen and oxygen atoms in total. The molecule has 12 N–H and O–H groups in total. The van der Waals surface area contributed by atoms with Gasteiger partial charge in [-0.25, -0.2) is 4.57 Å². The van der Waals surface area contributed by atoms with Crippen LogP contribution in [-0.4, -0.2) is 14.7 Å². The zero-order valence-electron chi connectivity index (χ0n) is 4.73. The van der Waals surface area contributed by atoms with Crippen LogP contribution < -0.4 is 18.5 Å². The summed E-state index contributed by atoms with van der Waals surface area (Å²) in [5.41, 5.74) is 0. The molecule has 0 rings (SSSR count). The number of hydrogen-bond donors (Lipinski definition) is 6. The number of halogens is 1. The van der Waals surface area contributed by atoms with E-state index in [2.05, 4.69) is 0 Å². The summed E-state index contributed by atoms with van der Waals surface area (Å²) >= 11 is 0. The maximum Gasteiger partial charge on any atom is 0.466 e. The van der Waals surface area contributed by atoms with Crippen LogP contribution in [0.5, 0.6) is 0 Å². The first-order chi connectivity index (χ1) is 2.00. The predicted octanol–water partition coefficient (Wildman–Crippen LogP) is -0.0208. The first-order valence-corrected chi connectivity index (χ1v) is 2.35. The van der Waals surface area contributed by atoms with Crippen molar-refractivity contribution in [3.8, 4) is 0 Å². The Bertz CT molecular complexity index is 61.9. The molecule has 0 spiro atoms. The Morgan fingerprint density at radius 3 is 0.889 bits per heavy atom. The molecule has 0 atom stereocenters. The Balaban J connectivity index is -0.0000000133. The zero-order chi connectivity index (χ0) is 4.50. The van der Waals surface area contributed by atoms with Crippen LogP contribution in [-0.2, 0) is 4.57 Å². The molecule has 0 radical (unpaired) electrons. The minimum absolute atomic E-state index is 0. The summed E-state index contributed by atoms with van der Waals surface area (Å²) < 4.78 is 8.88. The van der Waals surface area contributed by atoms with Crippen LogP contribution in [0.25, 0.3) is 0 Å². The average molecular weight is 186 g/mol. The van der Waals surface area contributed by atoms with Crippen molar-refractivity contribution in [1.82, 2.24) is 18.5 Å². The topological polar surface area (TPSA) is 183 Å². The van der Waals surface area contributed by atoms with Crippen LogP contribution in [0.3, 0.4) is 0 Å². The van der Waals surface area contributed by atoms with Gasteiger partial charge in [-0.2, -0.15) is 0 Å². The Kier molecular flexibility index (Phi) is 42.9. The Labute approximate surface area is 58.9 Å². The van der Waals surface area contributed by atoms with Crippen molar-refractivity contribution in [1.29, 1.82) is 0 Å². The van der Waals surface area contributed by atoms with E-state index in [0.717, 1.165) is 0 Å². The molecule has 0 aromatic heterocycles. The molecule has 0 aliphatic heterocycles. The summed E-state index contributed by atoms with van der Waals surface area (Å²) in [5, 5.41) is 0. The Morgan fingerprint density at radius 2 is 0.889 bits per heavy atom. The molecule has 9 heteroatoms. The van der Waals surface area contributed by atoms with Crippen LogP contribution in [0.15, 0.2) is 0 Å². The van der Waals surface area contributed by atoms with Crippen molar-refractivity contribution < 1.29 is 19.2 Å². The highest BCUT2D eigenvalue weighted by atomic mass is 35.5. The monoisotopic (exact) mass is 185 g/mol. The van der Waals surface area contributed by atoms with Gasteiger partial charge in [0.05, 0.1) is 0 Å². The van der Waals surface area contributed by atoms with Crippen LogP contribution in [0.1, 0.15) is 0 Å². The molecule has 0 saturated heterocycles. The molecule has 64 valence electrons. The second kappa shape index (κ2) is 11.1. The van der Waals surface area contributed by atoms with Gasteiger partial charge in [-0.3, -0.25) is 0 Å². The third kappa shape index (κ3) is 4170. The predicted molar refractivity (Wildman–Crippen MR) is 36.6 cm³/mol. The molecular formula is H13ClN3O4P. The lowest BCUT2D eigenvalue weighted by molar-refractivity contribution is 0.275. The van der Waals surface area contributed by atoms with Gasteiger partial charge >= 0.3 is 7.82 Å². The fraction of sp³-hybridized carbons (Fsp3) is 0. The first kappa shape index (κ1) is 34.7. The molecule has 0 bridgehead atoms. The van der Waals surface area contributed by atoms with Crippen molar-refractivity contribution >= 4 is 20.2 Å². The summed E-state index contributed by atoms with van der Waals surface area (Å²) in [6.45, 7) is 0. The zero-order valence-corrected chi connectivity index (χ0v) is 6.44. The molecule has 0 fully saturated rings. The molecule has 0 amide bonds. The van der Waals surface area contributed by atoms with Gasteiger partial charge in [-0.1, -0.05) is 0 Å². The van der Waals surface area contributed by atoms with Crippen molar-refractivity contribution in [2.45, 2.75) is 0 Å². The maximum atomic E-state index is 8.88.